The molecule has 1 aromatic carbocycles. The summed E-state index contributed by atoms with van der Waals surface area (Å²) in [5, 5.41) is 15.9. The maximum Gasteiger partial charge on any atom is 0.241 e. The first kappa shape index (κ1) is 16.4. The van der Waals surface area contributed by atoms with E-state index in [9.17, 15) is 10.1 Å². The number of imidazole rings is 1. The van der Waals surface area contributed by atoms with Gasteiger partial charge in [-0.3, -0.25) is 9.69 Å². The molecular formula is C18H21N7O. The number of hydrogen-bond donors (Lipinski definition) is 3. The van der Waals surface area contributed by atoms with E-state index in [1.807, 2.05) is 18.0 Å². The molecule has 3 N–H and O–H groups in total. The second-order valence-corrected chi connectivity index (χ2v) is 6.85. The van der Waals surface area contributed by atoms with Gasteiger partial charge >= 0.3 is 0 Å². The van der Waals surface area contributed by atoms with E-state index in [0.29, 0.717) is 30.6 Å². The molecule has 1 amide bonds. The monoisotopic (exact) mass is 351 g/mol. The Morgan fingerprint density at radius 1 is 1.31 bits per heavy atom. The lowest BCUT2D eigenvalue weighted by molar-refractivity contribution is -0.120. The van der Waals surface area contributed by atoms with Crippen LogP contribution in [0.25, 0.3) is 0 Å². The first-order valence-electron chi connectivity index (χ1n) is 8.73. The van der Waals surface area contributed by atoms with Crippen molar-refractivity contribution in [1.82, 2.24) is 14.9 Å². The van der Waals surface area contributed by atoms with Crippen LogP contribution < -0.4 is 15.5 Å². The summed E-state index contributed by atoms with van der Waals surface area (Å²) in [5.74, 6) is 1.51. The number of nitrogens with zero attached hydrogens (tertiary/aromatic N) is 4. The van der Waals surface area contributed by atoms with Crippen LogP contribution in [0.5, 0.6) is 0 Å². The summed E-state index contributed by atoms with van der Waals surface area (Å²) in [7, 11) is 1.93. The lowest BCUT2D eigenvalue weighted by Gasteiger charge is -2.32. The summed E-state index contributed by atoms with van der Waals surface area (Å²) in [5.41, 5.74) is 1.95. The van der Waals surface area contributed by atoms with Crippen molar-refractivity contribution in [1.29, 1.82) is 5.26 Å². The fourth-order valence-corrected chi connectivity index (χ4v) is 3.01. The predicted octanol–water partition coefficient (Wildman–Crippen LogP) is 1.88. The molecule has 26 heavy (non-hydrogen) atoms. The number of H-pyrrole nitrogens is 1. The van der Waals surface area contributed by atoms with E-state index in [2.05, 4.69) is 26.7 Å². The number of rotatable bonds is 5. The number of amides is 1. The number of anilines is 4. The molecule has 2 fully saturated rings. The number of piperazine rings is 1. The summed E-state index contributed by atoms with van der Waals surface area (Å²) in [6.45, 7) is 1.80. The minimum absolute atomic E-state index is 0.0358. The van der Waals surface area contributed by atoms with Crippen LogP contribution in [-0.2, 0) is 4.79 Å². The highest BCUT2D eigenvalue weighted by Gasteiger charge is 2.24. The highest BCUT2D eigenvalue weighted by molar-refractivity contribution is 5.96. The normalized spacial score (nSPS) is 17.8. The Kier molecular flexibility index (Phi) is 4.22. The number of nitrogens with one attached hydrogen (secondary N) is 3. The molecule has 1 saturated carbocycles. The molecular weight excluding hydrogens is 330 g/mol. The average molecular weight is 351 g/mol. The molecule has 1 aliphatic carbocycles. The average Bonchev–Trinajstić information content (AvgIpc) is 3.32. The molecule has 2 aliphatic rings. The number of aromatic amines is 1. The minimum Gasteiger partial charge on any atom is -0.368 e. The van der Waals surface area contributed by atoms with Gasteiger partial charge in [-0.05, 0) is 38.1 Å². The third-order valence-electron chi connectivity index (χ3n) is 4.55. The predicted molar refractivity (Wildman–Crippen MR) is 99.5 cm³/mol. The molecule has 2 heterocycles. The molecule has 8 nitrogen and oxygen atoms in total. The third-order valence-corrected chi connectivity index (χ3v) is 4.55. The number of carbonyl (C=O) groups is 1. The van der Waals surface area contributed by atoms with Crippen LogP contribution >= 0.6 is 0 Å². The molecule has 0 spiro atoms. The van der Waals surface area contributed by atoms with Crippen molar-refractivity contribution in [2.75, 3.05) is 42.2 Å². The Morgan fingerprint density at radius 2 is 2.15 bits per heavy atom. The highest BCUT2D eigenvalue weighted by Crippen LogP contribution is 2.27. The molecule has 1 aliphatic heterocycles. The van der Waals surface area contributed by atoms with Crippen LogP contribution in [0.4, 0.5) is 23.1 Å². The molecule has 1 saturated heterocycles. The number of likely N-dealkylation sites (N-methyl/N-ethyl adjacent to an activating group) is 1. The Morgan fingerprint density at radius 3 is 2.88 bits per heavy atom. The number of nitriles is 1. The van der Waals surface area contributed by atoms with Gasteiger partial charge in [-0.25, -0.2) is 4.98 Å². The Balaban J connectivity index is 1.55. The summed E-state index contributed by atoms with van der Waals surface area (Å²) in [6.07, 6.45) is 4.13. The van der Waals surface area contributed by atoms with Gasteiger partial charge in [0.15, 0.2) is 0 Å². The van der Waals surface area contributed by atoms with Gasteiger partial charge in [0.2, 0.25) is 11.9 Å². The Hall–Kier alpha value is -3.05. The van der Waals surface area contributed by atoms with Gasteiger partial charge in [0, 0.05) is 30.5 Å². The van der Waals surface area contributed by atoms with Crippen LogP contribution in [0, 0.1) is 11.3 Å². The zero-order valence-electron chi connectivity index (χ0n) is 14.6. The van der Waals surface area contributed by atoms with E-state index in [0.717, 1.165) is 23.7 Å². The van der Waals surface area contributed by atoms with E-state index < -0.39 is 0 Å². The van der Waals surface area contributed by atoms with Crippen LogP contribution in [0.3, 0.4) is 0 Å². The summed E-state index contributed by atoms with van der Waals surface area (Å²) < 4.78 is 0. The van der Waals surface area contributed by atoms with Crippen LogP contribution in [0.15, 0.2) is 24.4 Å². The molecule has 0 unspecified atom stereocenters. The van der Waals surface area contributed by atoms with Gasteiger partial charge in [-0.15, -0.1) is 0 Å². The minimum atomic E-state index is 0.0358. The van der Waals surface area contributed by atoms with Gasteiger partial charge in [0.1, 0.15) is 5.82 Å². The van der Waals surface area contributed by atoms with Gasteiger partial charge < -0.3 is 20.5 Å². The summed E-state index contributed by atoms with van der Waals surface area (Å²) in [6, 6.07) is 8.08. The SMILES string of the molecule is CN1CCN(c2cc(C#N)cc(Nc3ncc(NC4CC4)[nH]3)c2)C(=O)C1. The van der Waals surface area contributed by atoms with Gasteiger partial charge in [-0.1, -0.05) is 0 Å². The molecule has 8 heteroatoms. The van der Waals surface area contributed by atoms with E-state index in [1.54, 1.807) is 23.2 Å². The maximum atomic E-state index is 12.3. The summed E-state index contributed by atoms with van der Waals surface area (Å²) in [4.78, 5) is 23.6. The number of benzene rings is 1. The van der Waals surface area contributed by atoms with Crippen molar-refractivity contribution >= 4 is 29.0 Å². The topological polar surface area (TPSA) is 100 Å². The second-order valence-electron chi connectivity index (χ2n) is 6.85. The van der Waals surface area contributed by atoms with E-state index in [1.165, 1.54) is 12.8 Å². The molecule has 134 valence electrons. The first-order valence-corrected chi connectivity index (χ1v) is 8.73. The standard InChI is InChI=1S/C18H21N7O/c1-24-4-5-25(17(26)11-24)15-7-12(9-19)6-14(8-15)22-18-20-10-16(23-18)21-13-2-3-13/h6-8,10,13,21H,2-5,11H2,1H3,(H2,20,22,23). The maximum absolute atomic E-state index is 12.3. The Bertz CT molecular complexity index is 865. The van der Waals surface area contributed by atoms with Crippen molar-refractivity contribution in [3.05, 3.63) is 30.0 Å². The highest BCUT2D eigenvalue weighted by atomic mass is 16.2. The van der Waals surface area contributed by atoms with Crippen LogP contribution in [0.2, 0.25) is 0 Å². The van der Waals surface area contributed by atoms with Gasteiger partial charge in [-0.2, -0.15) is 5.26 Å². The van der Waals surface area contributed by atoms with E-state index >= 15 is 0 Å². The molecule has 4 rings (SSSR count). The molecule has 0 radical (unpaired) electrons. The van der Waals surface area contributed by atoms with Gasteiger partial charge in [0.05, 0.1) is 24.4 Å². The zero-order valence-corrected chi connectivity index (χ0v) is 14.6. The quantitative estimate of drug-likeness (QED) is 0.760. The van der Waals surface area contributed by atoms with E-state index in [4.69, 9.17) is 0 Å². The fraction of sp³-hybridized carbons (Fsp3) is 0.389. The lowest BCUT2D eigenvalue weighted by atomic mass is 10.1. The number of aromatic nitrogens is 2. The molecule has 0 bridgehead atoms. The second kappa shape index (κ2) is 6.69. The van der Waals surface area contributed by atoms with Gasteiger partial charge in [0.25, 0.3) is 0 Å². The number of carbonyl (C=O) groups excluding carboxylic acids is 1. The van der Waals surface area contributed by atoms with Crippen LogP contribution in [-0.4, -0.2) is 53.5 Å². The smallest absolute Gasteiger partial charge is 0.241 e. The zero-order chi connectivity index (χ0) is 18.1. The van der Waals surface area contributed by atoms with Crippen molar-refractivity contribution in [2.24, 2.45) is 0 Å². The lowest BCUT2D eigenvalue weighted by Crippen LogP contribution is -2.48. The van der Waals surface area contributed by atoms with Crippen molar-refractivity contribution in [3.8, 4) is 6.07 Å². The largest absolute Gasteiger partial charge is 0.368 e. The number of hydrogen-bond acceptors (Lipinski definition) is 6. The van der Waals surface area contributed by atoms with E-state index in [-0.39, 0.29) is 5.91 Å². The fourth-order valence-electron chi connectivity index (χ4n) is 3.01. The molecule has 2 aromatic rings. The van der Waals surface area contributed by atoms with Crippen molar-refractivity contribution < 1.29 is 4.79 Å². The third kappa shape index (κ3) is 3.63. The first-order chi connectivity index (χ1) is 12.6. The van der Waals surface area contributed by atoms with Crippen molar-refractivity contribution in [2.45, 2.75) is 18.9 Å². The molecule has 1 aromatic heterocycles. The van der Waals surface area contributed by atoms with Crippen molar-refractivity contribution in [3.63, 3.8) is 0 Å². The summed E-state index contributed by atoms with van der Waals surface area (Å²) >= 11 is 0. The molecule has 0 atom stereocenters. The Labute approximate surface area is 151 Å². The van der Waals surface area contributed by atoms with Crippen LogP contribution in [0.1, 0.15) is 18.4 Å².